The van der Waals surface area contributed by atoms with Gasteiger partial charge in [-0.15, -0.1) is 0 Å². The maximum absolute atomic E-state index is 7.71. The number of aryl methyl sites for hydroxylation is 1. The van der Waals surface area contributed by atoms with E-state index < -0.39 is 6.98 Å². The molecule has 1 aliphatic heterocycles. The number of furan rings is 1. The molecule has 0 unspecified atom stereocenters. The van der Waals surface area contributed by atoms with Crippen molar-refractivity contribution in [3.63, 3.8) is 0 Å². The second-order valence-electron chi connectivity index (χ2n) is 6.59. The molecule has 0 fully saturated rings. The highest BCUT2D eigenvalue weighted by Gasteiger charge is 2.23. The highest BCUT2D eigenvalue weighted by molar-refractivity contribution is 6.19. The molecular weight excluding hydrogens is 308 g/mol. The minimum Gasteiger partial charge on any atom is -0.456 e. The van der Waals surface area contributed by atoms with Crippen LogP contribution in [0.4, 0.5) is 5.69 Å². The van der Waals surface area contributed by atoms with Gasteiger partial charge >= 0.3 is 0 Å². The molecule has 0 amide bonds. The number of hydrogen-bond donors (Lipinski definition) is 0. The molecule has 0 saturated carbocycles. The van der Waals surface area contributed by atoms with Crippen LogP contribution in [0.15, 0.2) is 65.3 Å². The third kappa shape index (κ3) is 1.92. The standard InChI is InChI=1S/C22H20N2O/c1-14-19(24-13-12-23(3)15(24)2)10-9-18-21-17-7-5-4-6-16(17)8-11-20(21)25-22(14)18/h4-13,15H,1-3H3/t15-/m0/s1/i3D3. The Bertz CT molecular complexity index is 1260. The molecule has 0 aliphatic carbocycles. The van der Waals surface area contributed by atoms with Gasteiger partial charge in [0.25, 0.3) is 0 Å². The van der Waals surface area contributed by atoms with Crippen molar-refractivity contribution >= 4 is 38.4 Å². The molecule has 3 heteroatoms. The number of nitrogens with zero attached hydrogens (tertiary/aromatic N) is 2. The molecule has 124 valence electrons. The van der Waals surface area contributed by atoms with Gasteiger partial charge in [0.1, 0.15) is 17.3 Å². The summed E-state index contributed by atoms with van der Waals surface area (Å²) >= 11 is 0. The number of benzene rings is 3. The smallest absolute Gasteiger partial charge is 0.140 e. The lowest BCUT2D eigenvalue weighted by atomic mass is 10.0. The van der Waals surface area contributed by atoms with E-state index in [4.69, 9.17) is 8.53 Å². The van der Waals surface area contributed by atoms with Crippen LogP contribution < -0.4 is 4.90 Å². The van der Waals surface area contributed by atoms with E-state index in [0.717, 1.165) is 33.2 Å². The van der Waals surface area contributed by atoms with E-state index in [2.05, 4.69) is 30.3 Å². The fourth-order valence-corrected chi connectivity index (χ4v) is 3.82. The van der Waals surface area contributed by atoms with Crippen molar-refractivity contribution in [1.29, 1.82) is 0 Å². The number of hydrogen-bond acceptors (Lipinski definition) is 3. The third-order valence-electron chi connectivity index (χ3n) is 5.22. The SMILES string of the molecule is [2H]C([2H])([2H])N1C=CN(c2ccc3c(oc4ccc5ccccc5c43)c2C)[C@H]1C. The van der Waals surface area contributed by atoms with E-state index in [9.17, 15) is 0 Å². The Hall–Kier alpha value is -2.94. The summed E-state index contributed by atoms with van der Waals surface area (Å²) in [5.74, 6) is 0. The quantitative estimate of drug-likeness (QED) is 0.451. The van der Waals surface area contributed by atoms with Gasteiger partial charge in [-0.3, -0.25) is 0 Å². The molecule has 1 aliphatic rings. The zero-order chi connectivity index (χ0) is 19.6. The third-order valence-corrected chi connectivity index (χ3v) is 5.22. The van der Waals surface area contributed by atoms with Crippen LogP contribution in [0.5, 0.6) is 0 Å². The molecule has 3 aromatic carbocycles. The maximum atomic E-state index is 7.71. The summed E-state index contributed by atoms with van der Waals surface area (Å²) in [5.41, 5.74) is 3.66. The van der Waals surface area contributed by atoms with Crippen molar-refractivity contribution in [3.05, 3.63) is 66.5 Å². The van der Waals surface area contributed by atoms with Crippen LogP contribution in [0.1, 0.15) is 16.6 Å². The first-order chi connectivity index (χ1) is 13.4. The van der Waals surface area contributed by atoms with Gasteiger partial charge < -0.3 is 14.2 Å². The molecule has 25 heavy (non-hydrogen) atoms. The van der Waals surface area contributed by atoms with E-state index >= 15 is 0 Å². The Balaban J connectivity index is 1.69. The Kier molecular flexibility index (Phi) is 2.33. The van der Waals surface area contributed by atoms with Crippen LogP contribution in [-0.2, 0) is 0 Å². The minimum atomic E-state index is -2.17. The second-order valence-corrected chi connectivity index (χ2v) is 6.59. The summed E-state index contributed by atoms with van der Waals surface area (Å²) in [6.07, 6.45) is 3.16. The Morgan fingerprint density at radius 3 is 2.72 bits per heavy atom. The van der Waals surface area contributed by atoms with E-state index in [1.165, 1.54) is 15.7 Å². The predicted molar refractivity (Wildman–Crippen MR) is 105 cm³/mol. The Labute approximate surface area is 150 Å². The fourth-order valence-electron chi connectivity index (χ4n) is 3.82. The molecule has 1 atom stereocenters. The van der Waals surface area contributed by atoms with Crippen LogP contribution in [0.2, 0.25) is 0 Å². The minimum absolute atomic E-state index is 0.297. The molecule has 0 N–H and O–H groups in total. The van der Waals surface area contributed by atoms with Crippen molar-refractivity contribution < 1.29 is 8.53 Å². The van der Waals surface area contributed by atoms with Gasteiger partial charge in [0.2, 0.25) is 0 Å². The van der Waals surface area contributed by atoms with Gasteiger partial charge in [-0.2, -0.15) is 0 Å². The highest BCUT2D eigenvalue weighted by atomic mass is 16.3. The average molecular weight is 331 g/mol. The van der Waals surface area contributed by atoms with Gasteiger partial charge in [-0.1, -0.05) is 30.3 Å². The first kappa shape index (κ1) is 11.6. The lowest BCUT2D eigenvalue weighted by Gasteiger charge is -2.28. The monoisotopic (exact) mass is 331 g/mol. The van der Waals surface area contributed by atoms with Crippen molar-refractivity contribution in [2.75, 3.05) is 11.9 Å². The van der Waals surface area contributed by atoms with E-state index in [0.29, 0.717) is 0 Å². The molecule has 0 radical (unpaired) electrons. The van der Waals surface area contributed by atoms with Crippen LogP contribution in [-0.4, -0.2) is 18.0 Å². The molecule has 1 aromatic heterocycles. The van der Waals surface area contributed by atoms with Crippen molar-refractivity contribution in [3.8, 4) is 0 Å². The van der Waals surface area contributed by atoms with Crippen LogP contribution in [0.3, 0.4) is 0 Å². The molecule has 4 aromatic rings. The first-order valence-corrected chi connectivity index (χ1v) is 8.45. The maximum Gasteiger partial charge on any atom is 0.140 e. The van der Waals surface area contributed by atoms with Crippen LogP contribution >= 0.6 is 0 Å². The molecule has 5 rings (SSSR count). The van der Waals surface area contributed by atoms with Gasteiger partial charge in [-0.05, 0) is 42.8 Å². The Morgan fingerprint density at radius 1 is 1.00 bits per heavy atom. The molecule has 0 bridgehead atoms. The van der Waals surface area contributed by atoms with Crippen LogP contribution in [0, 0.1) is 6.92 Å². The van der Waals surface area contributed by atoms with Gasteiger partial charge in [0.05, 0.1) is 0 Å². The van der Waals surface area contributed by atoms with Crippen molar-refractivity contribution in [2.24, 2.45) is 0 Å². The summed E-state index contributed by atoms with van der Waals surface area (Å²) in [7, 11) is 0. The lowest BCUT2D eigenvalue weighted by Crippen LogP contribution is -2.33. The summed E-state index contributed by atoms with van der Waals surface area (Å²) < 4.78 is 29.4. The second kappa shape index (κ2) is 5.03. The van der Waals surface area contributed by atoms with Crippen molar-refractivity contribution in [1.82, 2.24) is 4.90 Å². The number of rotatable bonds is 1. The predicted octanol–water partition coefficient (Wildman–Crippen LogP) is 5.62. The fraction of sp³-hybridized carbons (Fsp3) is 0.182. The first-order valence-electron chi connectivity index (χ1n) is 9.95. The zero-order valence-electron chi connectivity index (χ0n) is 17.2. The summed E-state index contributed by atoms with van der Waals surface area (Å²) in [6, 6.07) is 16.5. The van der Waals surface area contributed by atoms with Gasteiger partial charge in [0, 0.05) is 45.5 Å². The summed E-state index contributed by atoms with van der Waals surface area (Å²) in [6.45, 7) is 1.75. The number of fused-ring (bicyclic) bond motifs is 5. The van der Waals surface area contributed by atoms with E-state index in [-0.39, 0.29) is 6.17 Å². The summed E-state index contributed by atoms with van der Waals surface area (Å²) in [4.78, 5) is 3.37. The zero-order valence-corrected chi connectivity index (χ0v) is 14.2. The molecular formula is C22H20N2O. The molecule has 0 spiro atoms. The van der Waals surface area contributed by atoms with E-state index in [1.807, 2.05) is 43.1 Å². The molecule has 2 heterocycles. The van der Waals surface area contributed by atoms with Crippen molar-refractivity contribution in [2.45, 2.75) is 20.0 Å². The van der Waals surface area contributed by atoms with E-state index in [1.54, 1.807) is 6.20 Å². The van der Waals surface area contributed by atoms with Gasteiger partial charge in [-0.25, -0.2) is 0 Å². The topological polar surface area (TPSA) is 19.6 Å². The summed E-state index contributed by atoms with van der Waals surface area (Å²) in [5, 5.41) is 4.56. The highest BCUT2D eigenvalue weighted by Crippen LogP contribution is 2.39. The number of anilines is 1. The van der Waals surface area contributed by atoms with Gasteiger partial charge in [0.15, 0.2) is 0 Å². The van der Waals surface area contributed by atoms with Crippen LogP contribution in [0.25, 0.3) is 32.7 Å². The molecule has 0 saturated heterocycles. The largest absolute Gasteiger partial charge is 0.456 e. The molecule has 3 nitrogen and oxygen atoms in total. The normalized spacial score (nSPS) is 19.8. The average Bonchev–Trinajstić information content (AvgIpc) is 3.23. The Morgan fingerprint density at radius 2 is 1.88 bits per heavy atom. The lowest BCUT2D eigenvalue weighted by molar-refractivity contribution is 0.383.